The van der Waals surface area contributed by atoms with E-state index >= 15 is 0 Å². The summed E-state index contributed by atoms with van der Waals surface area (Å²) in [6, 6.07) is 5.56. The average molecular weight is 474 g/mol. The van der Waals surface area contributed by atoms with E-state index in [9.17, 15) is 0 Å². The van der Waals surface area contributed by atoms with Crippen LogP contribution in [0.4, 0.5) is 0 Å². The maximum Gasteiger partial charge on any atom is 0.190 e. The predicted molar refractivity (Wildman–Crippen MR) is 111 cm³/mol. The maximum absolute atomic E-state index is 6.15. The van der Waals surface area contributed by atoms with E-state index in [1.807, 2.05) is 25.1 Å². The number of nitrogens with zero attached hydrogens (tertiary/aromatic N) is 1. The normalized spacial score (nSPS) is 11.0. The zero-order valence-corrected chi connectivity index (χ0v) is 17.5. The van der Waals surface area contributed by atoms with Gasteiger partial charge in [-0.15, -0.1) is 24.0 Å². The summed E-state index contributed by atoms with van der Waals surface area (Å²) < 4.78 is 5.30. The lowest BCUT2D eigenvalue weighted by Crippen LogP contribution is -2.38. The molecule has 0 atom stereocenters. The molecule has 0 aliphatic rings. The van der Waals surface area contributed by atoms with Crippen LogP contribution in [0.5, 0.6) is 0 Å². The van der Waals surface area contributed by atoms with Gasteiger partial charge >= 0.3 is 0 Å². The highest BCUT2D eigenvalue weighted by atomic mass is 127. The molecule has 0 heterocycles. The van der Waals surface area contributed by atoms with Crippen LogP contribution in [-0.4, -0.2) is 39.3 Å². The van der Waals surface area contributed by atoms with Gasteiger partial charge < -0.3 is 15.4 Å². The topological polar surface area (TPSA) is 45.6 Å². The van der Waals surface area contributed by atoms with E-state index in [1.165, 1.54) is 0 Å². The number of halogens is 3. The van der Waals surface area contributed by atoms with Gasteiger partial charge in [0.05, 0.1) is 0 Å². The first-order valence-corrected chi connectivity index (χ1v) is 8.39. The molecule has 0 amide bonds. The van der Waals surface area contributed by atoms with Crippen molar-refractivity contribution in [2.75, 3.05) is 33.4 Å². The molecular formula is C16H26Cl2IN3O. The molecule has 0 bridgehead atoms. The Balaban J connectivity index is 0.00000484. The first-order chi connectivity index (χ1) is 10.7. The molecule has 0 fully saturated rings. The van der Waals surface area contributed by atoms with Gasteiger partial charge in [-0.05, 0) is 43.9 Å². The van der Waals surface area contributed by atoms with Crippen molar-refractivity contribution in [3.63, 3.8) is 0 Å². The monoisotopic (exact) mass is 473 g/mol. The van der Waals surface area contributed by atoms with E-state index in [0.717, 1.165) is 57.1 Å². The highest BCUT2D eigenvalue weighted by Gasteiger charge is 2.05. The largest absolute Gasteiger partial charge is 0.382 e. The molecule has 1 aromatic rings. The molecule has 0 spiro atoms. The number of guanidine groups is 1. The van der Waals surface area contributed by atoms with E-state index < -0.39 is 0 Å². The van der Waals surface area contributed by atoms with Crippen LogP contribution in [0.15, 0.2) is 23.2 Å². The zero-order valence-electron chi connectivity index (χ0n) is 13.7. The van der Waals surface area contributed by atoms with Crippen LogP contribution in [0.1, 0.15) is 25.3 Å². The maximum atomic E-state index is 6.15. The Morgan fingerprint density at radius 2 is 1.78 bits per heavy atom. The van der Waals surface area contributed by atoms with Gasteiger partial charge in [0.15, 0.2) is 5.96 Å². The number of aliphatic imine (C=N–C) groups is 1. The van der Waals surface area contributed by atoms with Crippen molar-refractivity contribution >= 4 is 53.1 Å². The van der Waals surface area contributed by atoms with Gasteiger partial charge in [0, 0.05) is 43.4 Å². The highest BCUT2D eigenvalue weighted by Crippen LogP contribution is 2.24. The van der Waals surface area contributed by atoms with Crippen LogP contribution in [-0.2, 0) is 11.2 Å². The summed E-state index contributed by atoms with van der Waals surface area (Å²) in [4.78, 5) is 4.20. The smallest absolute Gasteiger partial charge is 0.190 e. The second-order valence-corrected chi connectivity index (χ2v) is 5.59. The van der Waals surface area contributed by atoms with Crippen molar-refractivity contribution in [1.82, 2.24) is 10.6 Å². The number of rotatable bonds is 9. The van der Waals surface area contributed by atoms with Crippen LogP contribution in [0.3, 0.4) is 0 Å². The van der Waals surface area contributed by atoms with Crippen LogP contribution in [0.25, 0.3) is 0 Å². The first-order valence-electron chi connectivity index (χ1n) is 7.64. The summed E-state index contributed by atoms with van der Waals surface area (Å²) in [5.41, 5.74) is 0.963. The summed E-state index contributed by atoms with van der Waals surface area (Å²) >= 11 is 12.3. The SMILES string of the molecule is CCOCCCCNC(=NC)NCCc1c(Cl)cccc1Cl.I. The molecule has 2 N–H and O–H groups in total. The van der Waals surface area contributed by atoms with E-state index in [0.29, 0.717) is 10.0 Å². The fourth-order valence-corrected chi connectivity index (χ4v) is 2.56. The van der Waals surface area contributed by atoms with Gasteiger partial charge in [0.25, 0.3) is 0 Å². The predicted octanol–water partition coefficient (Wildman–Crippen LogP) is 4.14. The molecule has 4 nitrogen and oxygen atoms in total. The average Bonchev–Trinajstić information content (AvgIpc) is 2.51. The van der Waals surface area contributed by atoms with Crippen LogP contribution >= 0.6 is 47.2 Å². The molecule has 132 valence electrons. The highest BCUT2D eigenvalue weighted by molar-refractivity contribution is 14.0. The summed E-state index contributed by atoms with van der Waals surface area (Å²) in [7, 11) is 1.76. The fourth-order valence-electron chi connectivity index (χ4n) is 1.98. The molecular weight excluding hydrogens is 448 g/mol. The third kappa shape index (κ3) is 9.59. The minimum Gasteiger partial charge on any atom is -0.382 e. The van der Waals surface area contributed by atoms with E-state index in [-0.39, 0.29) is 24.0 Å². The minimum atomic E-state index is 0. The lowest BCUT2D eigenvalue weighted by atomic mass is 10.1. The van der Waals surface area contributed by atoms with Gasteiger partial charge in [-0.1, -0.05) is 29.3 Å². The minimum absolute atomic E-state index is 0. The van der Waals surface area contributed by atoms with Gasteiger partial charge in [-0.2, -0.15) is 0 Å². The molecule has 0 aliphatic carbocycles. The summed E-state index contributed by atoms with van der Waals surface area (Å²) in [5, 5.41) is 7.95. The van der Waals surface area contributed by atoms with Gasteiger partial charge in [0.1, 0.15) is 0 Å². The molecule has 0 saturated carbocycles. The Kier molecular flexibility index (Phi) is 14.0. The summed E-state index contributed by atoms with van der Waals surface area (Å²) in [6.07, 6.45) is 2.85. The third-order valence-corrected chi connectivity index (χ3v) is 3.87. The second-order valence-electron chi connectivity index (χ2n) is 4.78. The van der Waals surface area contributed by atoms with Crippen molar-refractivity contribution in [2.45, 2.75) is 26.2 Å². The Hall–Kier alpha value is -0.240. The van der Waals surface area contributed by atoms with E-state index in [4.69, 9.17) is 27.9 Å². The van der Waals surface area contributed by atoms with Crippen LogP contribution in [0.2, 0.25) is 10.0 Å². The zero-order chi connectivity index (χ0) is 16.2. The molecule has 1 rings (SSSR count). The molecule has 0 radical (unpaired) electrons. The van der Waals surface area contributed by atoms with Crippen molar-refractivity contribution < 1.29 is 4.74 Å². The number of nitrogens with one attached hydrogen (secondary N) is 2. The molecule has 1 aromatic carbocycles. The Bertz CT molecular complexity index is 452. The van der Waals surface area contributed by atoms with E-state index in [1.54, 1.807) is 7.05 Å². The lowest BCUT2D eigenvalue weighted by Gasteiger charge is -2.13. The van der Waals surface area contributed by atoms with Crippen LogP contribution < -0.4 is 10.6 Å². The van der Waals surface area contributed by atoms with Crippen molar-refractivity contribution in [1.29, 1.82) is 0 Å². The lowest BCUT2D eigenvalue weighted by molar-refractivity contribution is 0.143. The quantitative estimate of drug-likeness (QED) is 0.245. The standard InChI is InChI=1S/C16H25Cl2N3O.HI/c1-3-22-12-5-4-10-20-16(19-2)21-11-9-13-14(17)7-6-8-15(13)18;/h6-8H,3-5,9-12H2,1-2H3,(H2,19,20,21);1H. The molecule has 0 saturated heterocycles. The van der Waals surface area contributed by atoms with Crippen molar-refractivity contribution in [2.24, 2.45) is 4.99 Å². The molecule has 0 unspecified atom stereocenters. The van der Waals surface area contributed by atoms with Crippen molar-refractivity contribution in [3.8, 4) is 0 Å². The summed E-state index contributed by atoms with van der Waals surface area (Å²) in [6.45, 7) is 5.20. The molecule has 0 aromatic heterocycles. The van der Waals surface area contributed by atoms with Gasteiger partial charge in [-0.25, -0.2) is 0 Å². The van der Waals surface area contributed by atoms with Gasteiger partial charge in [0.2, 0.25) is 0 Å². The number of hydrogen-bond acceptors (Lipinski definition) is 2. The number of ether oxygens (including phenoxy) is 1. The van der Waals surface area contributed by atoms with E-state index in [2.05, 4.69) is 15.6 Å². The molecule has 0 aliphatic heterocycles. The Morgan fingerprint density at radius 1 is 1.13 bits per heavy atom. The number of hydrogen-bond donors (Lipinski definition) is 2. The number of unbranched alkanes of at least 4 members (excludes halogenated alkanes) is 1. The molecule has 23 heavy (non-hydrogen) atoms. The molecule has 7 heteroatoms. The van der Waals surface area contributed by atoms with Gasteiger partial charge in [-0.3, -0.25) is 4.99 Å². The van der Waals surface area contributed by atoms with Crippen LogP contribution in [0, 0.1) is 0 Å². The first kappa shape index (κ1) is 22.8. The third-order valence-electron chi connectivity index (χ3n) is 3.16. The Morgan fingerprint density at radius 3 is 2.39 bits per heavy atom. The number of benzene rings is 1. The fraction of sp³-hybridized carbons (Fsp3) is 0.562. The van der Waals surface area contributed by atoms with Crippen molar-refractivity contribution in [3.05, 3.63) is 33.8 Å². The second kappa shape index (κ2) is 14.1. The summed E-state index contributed by atoms with van der Waals surface area (Å²) in [5.74, 6) is 0.791. The Labute approximate surface area is 166 Å².